The molecular formula is C19H19BrFNO2. The summed E-state index contributed by atoms with van der Waals surface area (Å²) < 4.78 is 13.7. The second-order valence-corrected chi connectivity index (χ2v) is 7.09. The Balaban J connectivity index is 1.47. The van der Waals surface area contributed by atoms with E-state index in [1.165, 1.54) is 6.07 Å². The Kier molecular flexibility index (Phi) is 5.31. The zero-order valence-electron chi connectivity index (χ0n) is 13.1. The fourth-order valence-electron chi connectivity index (χ4n) is 3.03. The van der Waals surface area contributed by atoms with E-state index in [0.29, 0.717) is 10.4 Å². The molecule has 2 N–H and O–H groups in total. The number of aliphatic hydroxyl groups is 1. The molecule has 3 rings (SSSR count). The van der Waals surface area contributed by atoms with E-state index < -0.39 is 6.10 Å². The molecule has 1 fully saturated rings. The van der Waals surface area contributed by atoms with E-state index >= 15 is 0 Å². The van der Waals surface area contributed by atoms with Gasteiger partial charge in [0.15, 0.2) is 0 Å². The summed E-state index contributed by atoms with van der Waals surface area (Å²) in [6.07, 6.45) is 0.958. The Bertz CT molecular complexity index is 717. The van der Waals surface area contributed by atoms with E-state index in [1.54, 1.807) is 12.1 Å². The first kappa shape index (κ1) is 17.1. The van der Waals surface area contributed by atoms with Crippen LogP contribution in [0, 0.1) is 5.82 Å². The lowest BCUT2D eigenvalue weighted by Crippen LogP contribution is -2.43. The molecule has 0 aliphatic heterocycles. The number of hydrogen-bond acceptors (Lipinski definition) is 2. The van der Waals surface area contributed by atoms with Crippen molar-refractivity contribution in [2.24, 2.45) is 0 Å². The summed E-state index contributed by atoms with van der Waals surface area (Å²) in [6.45, 7) is 0. The van der Waals surface area contributed by atoms with Crippen LogP contribution in [0.1, 0.15) is 42.4 Å². The Morgan fingerprint density at radius 3 is 2.62 bits per heavy atom. The highest BCUT2D eigenvalue weighted by molar-refractivity contribution is 9.10. The monoisotopic (exact) mass is 391 g/mol. The van der Waals surface area contributed by atoms with Crippen molar-refractivity contribution in [2.75, 3.05) is 0 Å². The molecule has 1 saturated carbocycles. The molecule has 126 valence electrons. The SMILES string of the molecule is O=C(C[C@@H](O)c1ccccc1)NC1CC(c2ccc(F)c(Br)c2)C1. The van der Waals surface area contributed by atoms with Gasteiger partial charge in [0.05, 0.1) is 17.0 Å². The van der Waals surface area contributed by atoms with Gasteiger partial charge in [-0.2, -0.15) is 0 Å². The van der Waals surface area contributed by atoms with Crippen molar-refractivity contribution in [3.63, 3.8) is 0 Å². The number of amides is 1. The first-order chi connectivity index (χ1) is 11.5. The number of rotatable bonds is 5. The van der Waals surface area contributed by atoms with E-state index in [9.17, 15) is 14.3 Å². The third kappa shape index (κ3) is 4.02. The molecule has 0 heterocycles. The van der Waals surface area contributed by atoms with Crippen LogP contribution in [0.25, 0.3) is 0 Å². The van der Waals surface area contributed by atoms with Gasteiger partial charge < -0.3 is 10.4 Å². The number of carbonyl (C=O) groups is 1. The van der Waals surface area contributed by atoms with Crippen LogP contribution in [0.15, 0.2) is 53.0 Å². The third-order valence-corrected chi connectivity index (χ3v) is 5.09. The maximum Gasteiger partial charge on any atom is 0.223 e. The average Bonchev–Trinajstić information content (AvgIpc) is 2.54. The van der Waals surface area contributed by atoms with Crippen LogP contribution in [0.5, 0.6) is 0 Å². The standard InChI is InChI=1S/C19H19BrFNO2/c20-16-10-13(6-7-17(16)21)14-8-15(9-14)22-19(24)11-18(23)12-4-2-1-3-5-12/h1-7,10,14-15,18,23H,8-9,11H2,(H,22,24)/t14?,15?,18-/m1/s1. The molecule has 0 saturated heterocycles. The van der Waals surface area contributed by atoms with Crippen molar-refractivity contribution in [3.8, 4) is 0 Å². The summed E-state index contributed by atoms with van der Waals surface area (Å²) in [5.74, 6) is -0.0702. The Morgan fingerprint density at radius 1 is 1.25 bits per heavy atom. The third-order valence-electron chi connectivity index (χ3n) is 4.48. The number of nitrogens with one attached hydrogen (secondary N) is 1. The summed E-state index contributed by atoms with van der Waals surface area (Å²) in [4.78, 5) is 12.0. The maximum absolute atomic E-state index is 13.3. The minimum absolute atomic E-state index is 0.0628. The molecule has 2 aromatic carbocycles. The molecule has 0 bridgehead atoms. The molecule has 1 atom stereocenters. The summed E-state index contributed by atoms with van der Waals surface area (Å²) in [7, 11) is 0. The second kappa shape index (κ2) is 7.45. The summed E-state index contributed by atoms with van der Waals surface area (Å²) >= 11 is 3.20. The molecule has 0 unspecified atom stereocenters. The van der Waals surface area contributed by atoms with E-state index in [1.807, 2.05) is 30.3 Å². The summed E-state index contributed by atoms with van der Waals surface area (Å²) in [5.41, 5.74) is 1.83. The fourth-order valence-corrected chi connectivity index (χ4v) is 3.43. The molecule has 2 aromatic rings. The number of benzene rings is 2. The first-order valence-corrected chi connectivity index (χ1v) is 8.79. The van der Waals surface area contributed by atoms with Crippen molar-refractivity contribution in [1.29, 1.82) is 0 Å². The average molecular weight is 392 g/mol. The van der Waals surface area contributed by atoms with Gasteiger partial charge in [0.2, 0.25) is 5.91 Å². The highest BCUT2D eigenvalue weighted by atomic mass is 79.9. The van der Waals surface area contributed by atoms with Gasteiger partial charge in [-0.1, -0.05) is 36.4 Å². The van der Waals surface area contributed by atoms with Crippen LogP contribution in [-0.2, 0) is 4.79 Å². The number of halogens is 2. The van der Waals surface area contributed by atoms with Crippen LogP contribution in [0.3, 0.4) is 0 Å². The Labute approximate surface area is 149 Å². The number of carbonyl (C=O) groups excluding carboxylic acids is 1. The molecule has 3 nitrogen and oxygen atoms in total. The van der Waals surface area contributed by atoms with Crippen LogP contribution < -0.4 is 5.32 Å². The molecular weight excluding hydrogens is 373 g/mol. The van der Waals surface area contributed by atoms with Crippen LogP contribution >= 0.6 is 15.9 Å². The number of hydrogen-bond donors (Lipinski definition) is 2. The molecule has 1 amide bonds. The molecule has 0 spiro atoms. The predicted molar refractivity (Wildman–Crippen MR) is 94.0 cm³/mol. The number of aliphatic hydroxyl groups excluding tert-OH is 1. The second-order valence-electron chi connectivity index (χ2n) is 6.24. The van der Waals surface area contributed by atoms with Crippen molar-refractivity contribution in [1.82, 2.24) is 5.32 Å². The van der Waals surface area contributed by atoms with Gasteiger partial charge in [0.25, 0.3) is 0 Å². The van der Waals surface area contributed by atoms with Gasteiger partial charge in [-0.3, -0.25) is 4.79 Å². The van der Waals surface area contributed by atoms with Crippen LogP contribution in [0.4, 0.5) is 4.39 Å². The van der Waals surface area contributed by atoms with Crippen LogP contribution in [0.2, 0.25) is 0 Å². The molecule has 1 aliphatic rings. The highest BCUT2D eigenvalue weighted by Crippen LogP contribution is 2.38. The smallest absolute Gasteiger partial charge is 0.223 e. The quantitative estimate of drug-likeness (QED) is 0.806. The predicted octanol–water partition coefficient (Wildman–Crippen LogP) is 4.07. The normalized spacial score (nSPS) is 21.0. The van der Waals surface area contributed by atoms with Crippen molar-refractivity contribution >= 4 is 21.8 Å². The highest BCUT2D eigenvalue weighted by Gasteiger charge is 2.32. The van der Waals surface area contributed by atoms with Gasteiger partial charge in [0.1, 0.15) is 5.82 Å². The molecule has 0 radical (unpaired) electrons. The van der Waals surface area contributed by atoms with E-state index in [0.717, 1.165) is 24.0 Å². The largest absolute Gasteiger partial charge is 0.388 e. The summed E-state index contributed by atoms with van der Waals surface area (Å²) in [6, 6.07) is 14.4. The van der Waals surface area contributed by atoms with Crippen LogP contribution in [-0.4, -0.2) is 17.1 Å². The van der Waals surface area contributed by atoms with Crippen molar-refractivity contribution < 1.29 is 14.3 Å². The Morgan fingerprint density at radius 2 is 1.96 bits per heavy atom. The lowest BCUT2D eigenvalue weighted by atomic mass is 9.76. The minimum atomic E-state index is -0.782. The fraction of sp³-hybridized carbons (Fsp3) is 0.316. The van der Waals surface area contributed by atoms with E-state index in [4.69, 9.17) is 0 Å². The molecule has 5 heteroatoms. The zero-order chi connectivity index (χ0) is 17.1. The lowest BCUT2D eigenvalue weighted by molar-refractivity contribution is -0.124. The van der Waals surface area contributed by atoms with Gasteiger partial charge >= 0.3 is 0 Å². The van der Waals surface area contributed by atoms with Crippen molar-refractivity contribution in [2.45, 2.75) is 37.3 Å². The van der Waals surface area contributed by atoms with E-state index in [2.05, 4.69) is 21.2 Å². The van der Waals surface area contributed by atoms with Gasteiger partial charge in [-0.25, -0.2) is 4.39 Å². The van der Waals surface area contributed by atoms with Gasteiger partial charge in [-0.15, -0.1) is 0 Å². The Hall–Kier alpha value is -1.72. The minimum Gasteiger partial charge on any atom is -0.388 e. The maximum atomic E-state index is 13.3. The molecule has 0 aromatic heterocycles. The van der Waals surface area contributed by atoms with E-state index in [-0.39, 0.29) is 24.2 Å². The first-order valence-electron chi connectivity index (χ1n) is 8.00. The summed E-state index contributed by atoms with van der Waals surface area (Å²) in [5, 5.41) is 13.0. The van der Waals surface area contributed by atoms with Crippen molar-refractivity contribution in [3.05, 3.63) is 69.9 Å². The van der Waals surface area contributed by atoms with Gasteiger partial charge in [0, 0.05) is 6.04 Å². The topological polar surface area (TPSA) is 49.3 Å². The van der Waals surface area contributed by atoms with Gasteiger partial charge in [-0.05, 0) is 57.9 Å². The zero-order valence-corrected chi connectivity index (χ0v) is 14.7. The molecule has 24 heavy (non-hydrogen) atoms. The molecule has 1 aliphatic carbocycles. The lowest BCUT2D eigenvalue weighted by Gasteiger charge is -2.36.